The van der Waals surface area contributed by atoms with Gasteiger partial charge in [-0.25, -0.2) is 4.98 Å². The second-order valence-corrected chi connectivity index (χ2v) is 3.97. The second kappa shape index (κ2) is 6.21. The van der Waals surface area contributed by atoms with E-state index < -0.39 is 12.3 Å². The number of alkyl halides is 3. The molecule has 0 fully saturated rings. The Morgan fingerprint density at radius 2 is 2.10 bits per heavy atom. The summed E-state index contributed by atoms with van der Waals surface area (Å²) in [7, 11) is 0. The first-order chi connectivity index (χ1) is 9.94. The van der Waals surface area contributed by atoms with Crippen molar-refractivity contribution >= 4 is 5.91 Å². The third-order valence-corrected chi connectivity index (χ3v) is 2.38. The van der Waals surface area contributed by atoms with Gasteiger partial charge in [-0.3, -0.25) is 9.78 Å². The maximum Gasteiger partial charge on any atom is 0.573 e. The van der Waals surface area contributed by atoms with Crippen LogP contribution in [0, 0.1) is 0 Å². The highest BCUT2D eigenvalue weighted by Gasteiger charge is 2.31. The summed E-state index contributed by atoms with van der Waals surface area (Å²) >= 11 is 0. The van der Waals surface area contributed by atoms with Crippen LogP contribution in [0.4, 0.5) is 13.2 Å². The summed E-state index contributed by atoms with van der Waals surface area (Å²) in [4.78, 5) is 19.3. The molecule has 1 N–H and O–H groups in total. The van der Waals surface area contributed by atoms with Crippen LogP contribution in [0.1, 0.15) is 16.1 Å². The van der Waals surface area contributed by atoms with Gasteiger partial charge in [0.2, 0.25) is 0 Å². The highest BCUT2D eigenvalue weighted by molar-refractivity contribution is 5.91. The molecule has 2 rings (SSSR count). The third kappa shape index (κ3) is 4.75. The monoisotopic (exact) mass is 297 g/mol. The van der Waals surface area contributed by atoms with Crippen molar-refractivity contribution in [2.45, 2.75) is 12.9 Å². The number of carbonyl (C=O) groups is 1. The van der Waals surface area contributed by atoms with Crippen LogP contribution in [0.2, 0.25) is 0 Å². The van der Waals surface area contributed by atoms with E-state index >= 15 is 0 Å². The molecule has 21 heavy (non-hydrogen) atoms. The molecule has 0 saturated heterocycles. The fraction of sp³-hybridized carbons (Fsp3) is 0.154. The Kier molecular flexibility index (Phi) is 4.36. The predicted molar refractivity (Wildman–Crippen MR) is 66.3 cm³/mol. The minimum Gasteiger partial charge on any atom is -0.406 e. The van der Waals surface area contributed by atoms with E-state index in [1.807, 2.05) is 0 Å². The zero-order valence-corrected chi connectivity index (χ0v) is 10.6. The van der Waals surface area contributed by atoms with E-state index in [1.165, 1.54) is 36.8 Å². The molecule has 1 amide bonds. The van der Waals surface area contributed by atoms with Crippen molar-refractivity contribution in [3.05, 3.63) is 54.1 Å². The molecule has 0 atom stereocenters. The Bertz CT molecular complexity index is 618. The van der Waals surface area contributed by atoms with Crippen molar-refractivity contribution in [3.63, 3.8) is 0 Å². The van der Waals surface area contributed by atoms with Crippen LogP contribution >= 0.6 is 0 Å². The molecule has 0 spiro atoms. The van der Waals surface area contributed by atoms with Gasteiger partial charge in [-0.05, 0) is 17.7 Å². The average Bonchev–Trinajstić information content (AvgIpc) is 2.44. The molecule has 0 aliphatic rings. The number of amides is 1. The number of halogens is 3. The lowest BCUT2D eigenvalue weighted by Crippen LogP contribution is -2.24. The molecule has 5 nitrogen and oxygen atoms in total. The third-order valence-electron chi connectivity index (χ3n) is 2.38. The Morgan fingerprint density at radius 3 is 2.76 bits per heavy atom. The van der Waals surface area contributed by atoms with Crippen LogP contribution in [0.5, 0.6) is 5.75 Å². The van der Waals surface area contributed by atoms with Gasteiger partial charge < -0.3 is 10.1 Å². The topological polar surface area (TPSA) is 64.1 Å². The van der Waals surface area contributed by atoms with Gasteiger partial charge in [0.15, 0.2) is 0 Å². The van der Waals surface area contributed by atoms with E-state index in [1.54, 1.807) is 6.07 Å². The number of nitrogens with one attached hydrogen (secondary N) is 1. The van der Waals surface area contributed by atoms with Crippen LogP contribution < -0.4 is 10.1 Å². The van der Waals surface area contributed by atoms with Gasteiger partial charge in [0.25, 0.3) is 5.91 Å². The molecule has 0 saturated carbocycles. The van der Waals surface area contributed by atoms with E-state index in [2.05, 4.69) is 20.0 Å². The molecule has 1 aromatic carbocycles. The maximum atomic E-state index is 12.1. The first-order valence-electron chi connectivity index (χ1n) is 5.83. The van der Waals surface area contributed by atoms with Crippen LogP contribution in [-0.2, 0) is 6.54 Å². The molecular formula is C13H10F3N3O2. The Labute approximate surface area is 117 Å². The number of hydrogen-bond donors (Lipinski definition) is 1. The van der Waals surface area contributed by atoms with Gasteiger partial charge >= 0.3 is 6.36 Å². The predicted octanol–water partition coefficient (Wildman–Crippen LogP) is 2.31. The molecule has 1 heterocycles. The molecule has 0 unspecified atom stereocenters. The lowest BCUT2D eigenvalue weighted by Gasteiger charge is -2.10. The van der Waals surface area contributed by atoms with E-state index in [0.717, 1.165) is 0 Å². The number of rotatable bonds is 4. The fourth-order valence-electron chi connectivity index (χ4n) is 1.54. The largest absolute Gasteiger partial charge is 0.573 e. The number of hydrogen-bond acceptors (Lipinski definition) is 4. The number of aromatic nitrogens is 2. The van der Waals surface area contributed by atoms with E-state index in [0.29, 0.717) is 5.56 Å². The number of ether oxygens (including phenoxy) is 1. The summed E-state index contributed by atoms with van der Waals surface area (Å²) in [6.45, 7) is 0.0461. The summed E-state index contributed by atoms with van der Waals surface area (Å²) in [5.41, 5.74) is 0.592. The summed E-state index contributed by atoms with van der Waals surface area (Å²) in [6.07, 6.45) is -0.665. The van der Waals surface area contributed by atoms with Crippen molar-refractivity contribution in [2.24, 2.45) is 0 Å². The number of nitrogens with zero attached hydrogens (tertiary/aromatic N) is 2. The van der Waals surface area contributed by atoms with Crippen LogP contribution in [0.15, 0.2) is 42.9 Å². The summed E-state index contributed by atoms with van der Waals surface area (Å²) < 4.78 is 40.1. The summed E-state index contributed by atoms with van der Waals surface area (Å²) in [5, 5.41) is 2.53. The first kappa shape index (κ1) is 14.8. The van der Waals surface area contributed by atoms with E-state index in [4.69, 9.17) is 0 Å². The second-order valence-electron chi connectivity index (χ2n) is 3.97. The standard InChI is InChI=1S/C13H10F3N3O2/c14-13(15,16)21-10-3-1-2-9(6-10)7-19-12(20)11-8-17-4-5-18-11/h1-6,8H,7H2,(H,19,20). The Balaban J connectivity index is 1.97. The quantitative estimate of drug-likeness (QED) is 0.940. The molecule has 2 aromatic rings. The smallest absolute Gasteiger partial charge is 0.406 e. The van der Waals surface area contributed by atoms with E-state index in [9.17, 15) is 18.0 Å². The van der Waals surface area contributed by atoms with Crippen LogP contribution in [-0.4, -0.2) is 22.2 Å². The lowest BCUT2D eigenvalue weighted by atomic mass is 10.2. The minimum absolute atomic E-state index is 0.0461. The number of benzene rings is 1. The Morgan fingerprint density at radius 1 is 1.29 bits per heavy atom. The van der Waals surface area contributed by atoms with E-state index in [-0.39, 0.29) is 18.0 Å². The zero-order valence-electron chi connectivity index (χ0n) is 10.6. The van der Waals surface area contributed by atoms with Gasteiger partial charge in [0.05, 0.1) is 6.20 Å². The first-order valence-corrected chi connectivity index (χ1v) is 5.83. The van der Waals surface area contributed by atoms with Crippen molar-refractivity contribution in [3.8, 4) is 5.75 Å². The van der Waals surface area contributed by atoms with Crippen molar-refractivity contribution in [2.75, 3.05) is 0 Å². The normalized spacial score (nSPS) is 11.0. The summed E-state index contributed by atoms with van der Waals surface area (Å²) in [5.74, 6) is -0.806. The Hall–Kier alpha value is -2.64. The highest BCUT2D eigenvalue weighted by Crippen LogP contribution is 2.23. The highest BCUT2D eigenvalue weighted by atomic mass is 19.4. The maximum absolute atomic E-state index is 12.1. The average molecular weight is 297 g/mol. The van der Waals surface area contributed by atoms with Gasteiger partial charge in [0.1, 0.15) is 11.4 Å². The minimum atomic E-state index is -4.75. The molecule has 110 valence electrons. The molecule has 0 aliphatic heterocycles. The molecule has 0 aliphatic carbocycles. The SMILES string of the molecule is O=C(NCc1cccc(OC(F)(F)F)c1)c1cnccn1. The van der Waals surface area contributed by atoms with Gasteiger partial charge in [-0.1, -0.05) is 12.1 Å². The molecule has 1 aromatic heterocycles. The van der Waals surface area contributed by atoms with Crippen LogP contribution in [0.3, 0.4) is 0 Å². The van der Waals surface area contributed by atoms with Crippen LogP contribution in [0.25, 0.3) is 0 Å². The molecule has 0 bridgehead atoms. The fourth-order valence-corrected chi connectivity index (χ4v) is 1.54. The van der Waals surface area contributed by atoms with Gasteiger partial charge in [-0.15, -0.1) is 13.2 Å². The molecular weight excluding hydrogens is 287 g/mol. The number of carbonyl (C=O) groups excluding carboxylic acids is 1. The zero-order chi connectivity index (χ0) is 15.3. The van der Waals surface area contributed by atoms with Gasteiger partial charge in [0, 0.05) is 18.9 Å². The molecule has 0 radical (unpaired) electrons. The van der Waals surface area contributed by atoms with Gasteiger partial charge in [-0.2, -0.15) is 0 Å². The summed E-state index contributed by atoms with van der Waals surface area (Å²) in [6, 6.07) is 5.36. The van der Waals surface area contributed by atoms with Crippen molar-refractivity contribution < 1.29 is 22.7 Å². The lowest BCUT2D eigenvalue weighted by molar-refractivity contribution is -0.274. The van der Waals surface area contributed by atoms with Crippen molar-refractivity contribution in [1.82, 2.24) is 15.3 Å². The van der Waals surface area contributed by atoms with Crippen molar-refractivity contribution in [1.29, 1.82) is 0 Å². The molecule has 8 heteroatoms.